The predicted octanol–water partition coefficient (Wildman–Crippen LogP) is 0.674. The summed E-state index contributed by atoms with van der Waals surface area (Å²) < 4.78 is 10.5. The number of carbonyl (C=O) groups is 4. The number of rotatable bonds is 6. The van der Waals surface area contributed by atoms with Gasteiger partial charge in [0.25, 0.3) is 11.8 Å². The number of urea groups is 1. The molecule has 0 bridgehead atoms. The van der Waals surface area contributed by atoms with Crippen molar-refractivity contribution >= 4 is 23.8 Å². The minimum absolute atomic E-state index is 0.0422. The Hall–Kier alpha value is -3.10. The van der Waals surface area contributed by atoms with Crippen LogP contribution in [0.3, 0.4) is 0 Å². The van der Waals surface area contributed by atoms with Gasteiger partial charge in [-0.25, -0.2) is 4.79 Å². The SMILES string of the molecule is C[C@@H](NC(=O)COC(=O)CN1C(=O)N[C@@]2(CCOc3ccccc32)C1=O)C1CC1. The summed E-state index contributed by atoms with van der Waals surface area (Å²) in [5, 5.41) is 5.49. The molecule has 154 valence electrons. The van der Waals surface area contributed by atoms with Gasteiger partial charge in [0.15, 0.2) is 12.1 Å². The summed E-state index contributed by atoms with van der Waals surface area (Å²) in [4.78, 5) is 50.3. The van der Waals surface area contributed by atoms with Crippen LogP contribution in [0.15, 0.2) is 24.3 Å². The van der Waals surface area contributed by atoms with Crippen LogP contribution in [0, 0.1) is 5.92 Å². The summed E-state index contributed by atoms with van der Waals surface area (Å²) in [7, 11) is 0. The highest BCUT2D eigenvalue weighted by molar-refractivity contribution is 6.09. The van der Waals surface area contributed by atoms with Crippen LogP contribution in [-0.4, -0.2) is 54.5 Å². The van der Waals surface area contributed by atoms with Crippen molar-refractivity contribution in [2.24, 2.45) is 5.92 Å². The highest BCUT2D eigenvalue weighted by Crippen LogP contribution is 2.40. The van der Waals surface area contributed by atoms with Gasteiger partial charge in [0.1, 0.15) is 12.3 Å². The number of nitrogens with zero attached hydrogens (tertiary/aromatic N) is 1. The van der Waals surface area contributed by atoms with Gasteiger partial charge in [0.05, 0.1) is 6.61 Å². The average Bonchev–Trinajstić information content (AvgIpc) is 3.52. The molecule has 1 saturated heterocycles. The molecule has 1 aromatic carbocycles. The fraction of sp³-hybridized carbons (Fsp3) is 0.500. The van der Waals surface area contributed by atoms with Crippen molar-refractivity contribution in [3.63, 3.8) is 0 Å². The minimum Gasteiger partial charge on any atom is -0.493 e. The third-order valence-corrected chi connectivity index (χ3v) is 5.63. The van der Waals surface area contributed by atoms with Crippen LogP contribution in [-0.2, 0) is 24.7 Å². The van der Waals surface area contributed by atoms with E-state index in [0.29, 0.717) is 17.2 Å². The zero-order valence-electron chi connectivity index (χ0n) is 16.1. The van der Waals surface area contributed by atoms with Crippen LogP contribution in [0.2, 0.25) is 0 Å². The number of para-hydroxylation sites is 1. The minimum atomic E-state index is -1.25. The number of carbonyl (C=O) groups excluding carboxylic acids is 4. The van der Waals surface area contributed by atoms with Crippen LogP contribution >= 0.6 is 0 Å². The largest absolute Gasteiger partial charge is 0.493 e. The molecule has 1 aromatic rings. The van der Waals surface area contributed by atoms with Crippen molar-refractivity contribution < 1.29 is 28.7 Å². The van der Waals surface area contributed by atoms with Gasteiger partial charge in [-0.15, -0.1) is 0 Å². The standard InChI is InChI=1S/C20H23N3O6/c1-12(13-6-7-13)21-16(24)11-29-17(25)10-23-18(26)20(22-19(23)27)8-9-28-15-5-3-2-4-14(15)20/h2-5,12-13H,6-11H2,1H3,(H,21,24)(H,22,27)/t12-,20-/m1/s1. The summed E-state index contributed by atoms with van der Waals surface area (Å²) >= 11 is 0. The number of imide groups is 1. The Balaban J connectivity index is 1.37. The first-order chi connectivity index (χ1) is 13.9. The Morgan fingerprint density at radius 2 is 2.10 bits per heavy atom. The van der Waals surface area contributed by atoms with Gasteiger partial charge in [-0.3, -0.25) is 19.3 Å². The van der Waals surface area contributed by atoms with Gasteiger partial charge in [0.2, 0.25) is 0 Å². The molecule has 2 atom stereocenters. The third kappa shape index (κ3) is 3.64. The topological polar surface area (TPSA) is 114 Å². The number of hydrogen-bond acceptors (Lipinski definition) is 6. The Morgan fingerprint density at radius 1 is 1.34 bits per heavy atom. The van der Waals surface area contributed by atoms with Crippen LogP contribution in [0.5, 0.6) is 5.75 Å². The molecule has 4 amide bonds. The fourth-order valence-electron chi connectivity index (χ4n) is 3.85. The molecular formula is C20H23N3O6. The summed E-state index contributed by atoms with van der Waals surface area (Å²) in [6.45, 7) is 1.18. The van der Waals surface area contributed by atoms with E-state index in [1.807, 2.05) is 6.92 Å². The van der Waals surface area contributed by atoms with E-state index in [0.717, 1.165) is 17.7 Å². The number of hydrogen-bond donors (Lipinski definition) is 2. The summed E-state index contributed by atoms with van der Waals surface area (Å²) in [5.41, 5.74) is -0.683. The van der Waals surface area contributed by atoms with E-state index < -0.39 is 42.5 Å². The van der Waals surface area contributed by atoms with Crippen LogP contribution in [0.25, 0.3) is 0 Å². The molecule has 2 fully saturated rings. The number of amides is 4. The normalized spacial score (nSPS) is 23.8. The summed E-state index contributed by atoms with van der Waals surface area (Å²) in [6.07, 6.45) is 2.44. The molecule has 0 radical (unpaired) electrons. The van der Waals surface area contributed by atoms with E-state index in [4.69, 9.17) is 9.47 Å². The fourth-order valence-corrected chi connectivity index (χ4v) is 3.85. The first kappa shape index (κ1) is 19.2. The van der Waals surface area contributed by atoms with Gasteiger partial charge in [-0.2, -0.15) is 0 Å². The van der Waals surface area contributed by atoms with E-state index >= 15 is 0 Å². The van der Waals surface area contributed by atoms with Gasteiger partial charge >= 0.3 is 12.0 Å². The first-order valence-corrected chi connectivity index (χ1v) is 9.72. The lowest BCUT2D eigenvalue weighted by Gasteiger charge is -2.33. The van der Waals surface area contributed by atoms with Crippen molar-refractivity contribution in [2.45, 2.75) is 37.8 Å². The lowest BCUT2D eigenvalue weighted by atomic mass is 9.84. The molecule has 2 aliphatic heterocycles. The monoisotopic (exact) mass is 401 g/mol. The highest BCUT2D eigenvalue weighted by Gasteiger charge is 2.55. The molecule has 2 N–H and O–H groups in total. The molecule has 0 unspecified atom stereocenters. The number of benzene rings is 1. The van der Waals surface area contributed by atoms with Crippen LogP contribution in [0.4, 0.5) is 4.79 Å². The lowest BCUT2D eigenvalue weighted by molar-refractivity contribution is -0.151. The molecule has 9 heteroatoms. The van der Waals surface area contributed by atoms with Crippen LogP contribution in [0.1, 0.15) is 31.7 Å². The zero-order valence-corrected chi connectivity index (χ0v) is 16.1. The molecule has 1 saturated carbocycles. The summed E-state index contributed by atoms with van der Waals surface area (Å²) in [5.74, 6) is -0.732. The highest BCUT2D eigenvalue weighted by atomic mass is 16.5. The van der Waals surface area contributed by atoms with Crippen molar-refractivity contribution in [2.75, 3.05) is 19.8 Å². The van der Waals surface area contributed by atoms with Crippen molar-refractivity contribution in [3.05, 3.63) is 29.8 Å². The maximum Gasteiger partial charge on any atom is 0.326 e. The van der Waals surface area contributed by atoms with E-state index in [2.05, 4.69) is 10.6 Å². The van der Waals surface area contributed by atoms with E-state index in [-0.39, 0.29) is 19.1 Å². The molecule has 3 aliphatic rings. The van der Waals surface area contributed by atoms with Gasteiger partial charge in [-0.05, 0) is 31.7 Å². The second-order valence-corrected chi connectivity index (χ2v) is 7.68. The molecule has 9 nitrogen and oxygen atoms in total. The van der Waals surface area contributed by atoms with E-state index in [1.165, 1.54) is 0 Å². The third-order valence-electron chi connectivity index (χ3n) is 5.63. The second-order valence-electron chi connectivity index (χ2n) is 7.68. The molecule has 2 heterocycles. The zero-order chi connectivity index (χ0) is 20.6. The Morgan fingerprint density at radius 3 is 2.86 bits per heavy atom. The maximum absolute atomic E-state index is 13.1. The molecule has 0 aromatic heterocycles. The number of esters is 1. The molecule has 4 rings (SSSR count). The van der Waals surface area contributed by atoms with Crippen molar-refractivity contribution in [3.8, 4) is 5.75 Å². The number of fused-ring (bicyclic) bond motifs is 2. The smallest absolute Gasteiger partial charge is 0.326 e. The maximum atomic E-state index is 13.1. The molecule has 1 aliphatic carbocycles. The van der Waals surface area contributed by atoms with E-state index in [1.54, 1.807) is 24.3 Å². The van der Waals surface area contributed by atoms with E-state index in [9.17, 15) is 19.2 Å². The Bertz CT molecular complexity index is 868. The van der Waals surface area contributed by atoms with Gasteiger partial charge < -0.3 is 20.1 Å². The quantitative estimate of drug-likeness (QED) is 0.535. The van der Waals surface area contributed by atoms with Gasteiger partial charge in [0, 0.05) is 18.0 Å². The Kier molecular flexibility index (Phi) is 4.89. The predicted molar refractivity (Wildman–Crippen MR) is 99.8 cm³/mol. The first-order valence-electron chi connectivity index (χ1n) is 9.72. The number of ether oxygens (including phenoxy) is 2. The number of nitrogens with one attached hydrogen (secondary N) is 2. The Labute approximate surface area is 167 Å². The second kappa shape index (κ2) is 7.38. The lowest BCUT2D eigenvalue weighted by Crippen LogP contribution is -2.47. The average molecular weight is 401 g/mol. The molecule has 1 spiro atoms. The van der Waals surface area contributed by atoms with Crippen LogP contribution < -0.4 is 15.4 Å². The molecule has 29 heavy (non-hydrogen) atoms. The summed E-state index contributed by atoms with van der Waals surface area (Å²) in [6, 6.07) is 6.36. The van der Waals surface area contributed by atoms with Gasteiger partial charge in [-0.1, -0.05) is 18.2 Å². The van der Waals surface area contributed by atoms with Crippen molar-refractivity contribution in [1.82, 2.24) is 15.5 Å². The van der Waals surface area contributed by atoms with Crippen molar-refractivity contribution in [1.29, 1.82) is 0 Å². The molecular weight excluding hydrogens is 378 g/mol.